The van der Waals surface area contributed by atoms with Gasteiger partial charge in [0.2, 0.25) is 0 Å². The topological polar surface area (TPSA) is 78.9 Å². The molecule has 0 aliphatic rings. The lowest BCUT2D eigenvalue weighted by molar-refractivity contribution is -0.167. The molecule has 0 radical (unpaired) electrons. The van der Waals surface area contributed by atoms with Crippen LogP contribution in [0.15, 0.2) is 48.6 Å². The molecule has 0 aromatic rings. The smallest absolute Gasteiger partial charge is 0.306 e. The van der Waals surface area contributed by atoms with Crippen LogP contribution < -0.4 is 0 Å². The number of hydrogen-bond donors (Lipinski definition) is 0. The van der Waals surface area contributed by atoms with Crippen LogP contribution in [0.25, 0.3) is 0 Å². The van der Waals surface area contributed by atoms with Crippen molar-refractivity contribution in [3.05, 3.63) is 48.6 Å². The molecule has 1 unspecified atom stereocenters. The largest absolute Gasteiger partial charge is 0.462 e. The highest BCUT2D eigenvalue weighted by atomic mass is 16.6. The number of unbranched alkanes of at least 4 members (excludes halogenated alkanes) is 28. The second-order valence-electron chi connectivity index (χ2n) is 17.4. The van der Waals surface area contributed by atoms with Crippen LogP contribution in [-0.4, -0.2) is 37.2 Å². The van der Waals surface area contributed by atoms with E-state index in [1.54, 1.807) is 0 Å². The van der Waals surface area contributed by atoms with E-state index in [2.05, 4.69) is 69.4 Å². The third-order valence-electron chi connectivity index (χ3n) is 11.3. The number of allylic oxidation sites excluding steroid dienone is 8. The van der Waals surface area contributed by atoms with Gasteiger partial charge in [-0.1, -0.05) is 223 Å². The highest BCUT2D eigenvalue weighted by molar-refractivity contribution is 5.71. The summed E-state index contributed by atoms with van der Waals surface area (Å²) in [7, 11) is 0. The summed E-state index contributed by atoms with van der Waals surface area (Å²) in [5.41, 5.74) is 0. The summed E-state index contributed by atoms with van der Waals surface area (Å²) in [5.74, 6) is -0.888. The van der Waals surface area contributed by atoms with Gasteiger partial charge < -0.3 is 14.2 Å². The molecule has 0 aromatic carbocycles. The molecule has 0 fully saturated rings. The van der Waals surface area contributed by atoms with E-state index >= 15 is 0 Å². The van der Waals surface area contributed by atoms with Crippen molar-refractivity contribution in [1.82, 2.24) is 0 Å². The first-order valence-electron chi connectivity index (χ1n) is 26.1. The third kappa shape index (κ3) is 48.3. The minimum absolute atomic E-state index is 0.0785. The minimum atomic E-state index is -0.776. The van der Waals surface area contributed by atoms with E-state index in [4.69, 9.17) is 14.2 Å². The molecule has 0 bridgehead atoms. The highest BCUT2D eigenvalue weighted by Gasteiger charge is 2.19. The van der Waals surface area contributed by atoms with Gasteiger partial charge in [0.1, 0.15) is 13.2 Å². The molecule has 0 saturated heterocycles. The first-order valence-corrected chi connectivity index (χ1v) is 26.1. The van der Waals surface area contributed by atoms with Crippen molar-refractivity contribution in [3.8, 4) is 0 Å². The Hall–Kier alpha value is -2.63. The van der Waals surface area contributed by atoms with Crippen molar-refractivity contribution < 1.29 is 28.6 Å². The predicted molar refractivity (Wildman–Crippen MR) is 261 cm³/mol. The Morgan fingerprint density at radius 2 is 0.656 bits per heavy atom. The van der Waals surface area contributed by atoms with E-state index in [0.29, 0.717) is 19.3 Å². The van der Waals surface area contributed by atoms with Crippen LogP contribution >= 0.6 is 0 Å². The third-order valence-corrected chi connectivity index (χ3v) is 11.3. The average molecular weight is 855 g/mol. The number of esters is 3. The number of ether oxygens (including phenoxy) is 3. The molecule has 0 aliphatic carbocycles. The van der Waals surface area contributed by atoms with Gasteiger partial charge in [0.25, 0.3) is 0 Å². The van der Waals surface area contributed by atoms with Crippen molar-refractivity contribution in [1.29, 1.82) is 0 Å². The highest BCUT2D eigenvalue weighted by Crippen LogP contribution is 2.16. The molecule has 61 heavy (non-hydrogen) atoms. The van der Waals surface area contributed by atoms with Crippen LogP contribution in [0.2, 0.25) is 0 Å². The average Bonchev–Trinajstić information content (AvgIpc) is 3.26. The van der Waals surface area contributed by atoms with E-state index in [1.807, 2.05) is 0 Å². The van der Waals surface area contributed by atoms with Crippen molar-refractivity contribution in [2.75, 3.05) is 13.2 Å². The molecule has 0 aromatic heterocycles. The van der Waals surface area contributed by atoms with Crippen LogP contribution in [0.4, 0.5) is 0 Å². The van der Waals surface area contributed by atoms with Crippen molar-refractivity contribution in [3.63, 3.8) is 0 Å². The van der Waals surface area contributed by atoms with E-state index < -0.39 is 6.10 Å². The molecule has 0 N–H and O–H groups in total. The first kappa shape index (κ1) is 58.4. The maximum absolute atomic E-state index is 12.8. The summed E-state index contributed by atoms with van der Waals surface area (Å²) in [6.07, 6.45) is 59.5. The van der Waals surface area contributed by atoms with Gasteiger partial charge in [0.15, 0.2) is 6.10 Å². The zero-order valence-electron chi connectivity index (χ0n) is 40.4. The standard InChI is InChI=1S/C55H98O6/c1-4-7-10-13-16-19-22-24-26-27-29-30-33-36-39-42-45-48-54(57)60-51-52(50-59-53(56)47-44-41-38-35-32-21-18-15-12-9-6-3)61-55(58)49-46-43-40-37-34-31-28-25-23-20-17-14-11-8-5-2/h7,10,15-16,18-19,24,26,52H,4-6,8-9,11-14,17,20-23,25,27-51H2,1-3H3/b10-7-,18-15-,19-16-,26-24-. The predicted octanol–water partition coefficient (Wildman–Crippen LogP) is 17.1. The number of carbonyl (C=O) groups is 3. The van der Waals surface area contributed by atoms with E-state index in [9.17, 15) is 14.4 Å². The van der Waals surface area contributed by atoms with Crippen LogP contribution in [-0.2, 0) is 28.6 Å². The minimum Gasteiger partial charge on any atom is -0.462 e. The molecule has 6 nitrogen and oxygen atoms in total. The van der Waals surface area contributed by atoms with E-state index in [0.717, 1.165) is 89.9 Å². The van der Waals surface area contributed by atoms with Crippen molar-refractivity contribution in [2.24, 2.45) is 0 Å². The fraction of sp³-hybridized carbons (Fsp3) is 0.800. The molecule has 354 valence electrons. The Morgan fingerprint density at radius 1 is 0.344 bits per heavy atom. The SMILES string of the molecule is CC/C=C\C/C=C\C/C=C\CCCCCCCCCC(=O)OCC(COC(=O)CCCCCCC/C=C\CCCC)OC(=O)CCCCCCCCCCCCCCCCC. The van der Waals surface area contributed by atoms with Gasteiger partial charge in [-0.15, -0.1) is 0 Å². The summed E-state index contributed by atoms with van der Waals surface area (Å²) in [6, 6.07) is 0. The molecule has 0 heterocycles. The van der Waals surface area contributed by atoms with Gasteiger partial charge in [0, 0.05) is 19.3 Å². The fourth-order valence-electron chi connectivity index (χ4n) is 7.38. The van der Waals surface area contributed by atoms with E-state index in [-0.39, 0.29) is 31.1 Å². The fourth-order valence-corrected chi connectivity index (χ4v) is 7.38. The molecule has 0 rings (SSSR count). The Morgan fingerprint density at radius 3 is 1.07 bits per heavy atom. The monoisotopic (exact) mass is 855 g/mol. The molecule has 1 atom stereocenters. The van der Waals surface area contributed by atoms with Gasteiger partial charge in [-0.3, -0.25) is 14.4 Å². The Kier molecular flexibility index (Phi) is 47.9. The maximum Gasteiger partial charge on any atom is 0.306 e. The second-order valence-corrected chi connectivity index (χ2v) is 17.4. The zero-order valence-corrected chi connectivity index (χ0v) is 40.4. The molecule has 0 spiro atoms. The Labute approximate surface area is 378 Å². The van der Waals surface area contributed by atoms with Gasteiger partial charge in [0.05, 0.1) is 0 Å². The summed E-state index contributed by atoms with van der Waals surface area (Å²) >= 11 is 0. The van der Waals surface area contributed by atoms with Gasteiger partial charge in [-0.25, -0.2) is 0 Å². The van der Waals surface area contributed by atoms with E-state index in [1.165, 1.54) is 135 Å². The van der Waals surface area contributed by atoms with Gasteiger partial charge >= 0.3 is 17.9 Å². The maximum atomic E-state index is 12.8. The van der Waals surface area contributed by atoms with Crippen molar-refractivity contribution >= 4 is 17.9 Å². The van der Waals surface area contributed by atoms with Crippen LogP contribution in [0.1, 0.15) is 265 Å². The van der Waals surface area contributed by atoms with Crippen LogP contribution in [0, 0.1) is 0 Å². The quantitative estimate of drug-likeness (QED) is 0.0263. The molecular weight excluding hydrogens is 757 g/mol. The van der Waals surface area contributed by atoms with Gasteiger partial charge in [-0.2, -0.15) is 0 Å². The van der Waals surface area contributed by atoms with Crippen LogP contribution in [0.3, 0.4) is 0 Å². The summed E-state index contributed by atoms with van der Waals surface area (Å²) in [5, 5.41) is 0. The van der Waals surface area contributed by atoms with Crippen molar-refractivity contribution in [2.45, 2.75) is 271 Å². The number of carbonyl (C=O) groups excluding carboxylic acids is 3. The zero-order chi connectivity index (χ0) is 44.4. The molecule has 0 saturated carbocycles. The lowest BCUT2D eigenvalue weighted by Crippen LogP contribution is -2.30. The Balaban J connectivity index is 4.35. The molecule has 0 amide bonds. The Bertz CT molecular complexity index is 1070. The summed E-state index contributed by atoms with van der Waals surface area (Å²) < 4.78 is 16.8. The number of hydrogen-bond acceptors (Lipinski definition) is 6. The molecule has 6 heteroatoms. The second kappa shape index (κ2) is 50.0. The summed E-state index contributed by atoms with van der Waals surface area (Å²) in [6.45, 7) is 6.49. The number of rotatable bonds is 47. The van der Waals surface area contributed by atoms with Gasteiger partial charge in [-0.05, 0) is 70.6 Å². The lowest BCUT2D eigenvalue weighted by atomic mass is 10.0. The van der Waals surface area contributed by atoms with Crippen LogP contribution in [0.5, 0.6) is 0 Å². The molecule has 0 aliphatic heterocycles. The molecular formula is C55H98O6. The lowest BCUT2D eigenvalue weighted by Gasteiger charge is -2.18. The summed E-state index contributed by atoms with van der Waals surface area (Å²) in [4.78, 5) is 38.0. The first-order chi connectivity index (χ1) is 30.0. The normalized spacial score (nSPS) is 12.4.